The molecule has 1 saturated heterocycles. The van der Waals surface area contributed by atoms with Crippen molar-refractivity contribution in [2.45, 2.75) is 18.6 Å². The van der Waals surface area contributed by atoms with Gasteiger partial charge >= 0.3 is 0 Å². The summed E-state index contributed by atoms with van der Waals surface area (Å²) in [6, 6.07) is 3.20. The third-order valence-electron chi connectivity index (χ3n) is 3.27. The molecule has 0 radical (unpaired) electrons. The lowest BCUT2D eigenvalue weighted by Gasteiger charge is -2.25. The number of hydrogen-bond acceptors (Lipinski definition) is 6. The van der Waals surface area contributed by atoms with Gasteiger partial charge in [0, 0.05) is 37.7 Å². The summed E-state index contributed by atoms with van der Waals surface area (Å²) in [6.45, 7) is 6.55. The van der Waals surface area contributed by atoms with Crippen LogP contribution in [0.5, 0.6) is 0 Å². The molecular weight excluding hydrogens is 310 g/mol. The highest BCUT2D eigenvalue weighted by Gasteiger charge is 2.19. The lowest BCUT2D eigenvalue weighted by Crippen LogP contribution is -2.39. The highest BCUT2D eigenvalue weighted by Crippen LogP contribution is 2.13. The maximum Gasteiger partial charge on any atom is 0.274 e. The summed E-state index contributed by atoms with van der Waals surface area (Å²) in [6.07, 6.45) is 0. The molecule has 2 N–H and O–H groups in total. The molecule has 0 bridgehead atoms. The Balaban J connectivity index is 1.81. The van der Waals surface area contributed by atoms with Crippen LogP contribution in [0.4, 0.5) is 0 Å². The van der Waals surface area contributed by atoms with Crippen molar-refractivity contribution >= 4 is 21.8 Å². The SMILES string of the molecule is CCNCc1ccc(S(=O)(=O)NCCN2CCSCC2)o1. The number of sulfonamides is 1. The van der Waals surface area contributed by atoms with Gasteiger partial charge in [0.15, 0.2) is 0 Å². The third kappa shape index (κ3) is 5.30. The molecule has 8 heteroatoms. The molecule has 1 fully saturated rings. The van der Waals surface area contributed by atoms with E-state index in [1.807, 2.05) is 18.7 Å². The molecule has 2 heterocycles. The first kappa shape index (κ1) is 16.8. The van der Waals surface area contributed by atoms with E-state index in [0.29, 0.717) is 18.8 Å². The summed E-state index contributed by atoms with van der Waals surface area (Å²) >= 11 is 1.94. The average Bonchev–Trinajstić information content (AvgIpc) is 2.96. The first-order valence-electron chi connectivity index (χ1n) is 7.21. The van der Waals surface area contributed by atoms with Crippen molar-refractivity contribution in [3.63, 3.8) is 0 Å². The molecule has 0 amide bonds. The molecule has 1 aliphatic heterocycles. The molecule has 0 aromatic carbocycles. The second-order valence-electron chi connectivity index (χ2n) is 4.85. The first-order chi connectivity index (χ1) is 10.1. The summed E-state index contributed by atoms with van der Waals surface area (Å²) in [5.74, 6) is 2.88. The molecule has 0 aliphatic carbocycles. The molecule has 1 aromatic heterocycles. The molecule has 0 saturated carbocycles. The van der Waals surface area contributed by atoms with Crippen molar-refractivity contribution in [2.75, 3.05) is 44.2 Å². The largest absolute Gasteiger partial charge is 0.447 e. The Bertz CT molecular complexity index is 525. The number of nitrogens with zero attached hydrogens (tertiary/aromatic N) is 1. The maximum atomic E-state index is 12.1. The van der Waals surface area contributed by atoms with E-state index in [9.17, 15) is 8.42 Å². The van der Waals surface area contributed by atoms with Crippen molar-refractivity contribution in [1.29, 1.82) is 0 Å². The van der Waals surface area contributed by atoms with E-state index >= 15 is 0 Å². The zero-order chi connectivity index (χ0) is 15.1. The molecule has 0 unspecified atom stereocenters. The smallest absolute Gasteiger partial charge is 0.274 e. The van der Waals surface area contributed by atoms with Crippen molar-refractivity contribution in [3.05, 3.63) is 17.9 Å². The van der Waals surface area contributed by atoms with Crippen LogP contribution in [-0.4, -0.2) is 57.5 Å². The van der Waals surface area contributed by atoms with Gasteiger partial charge in [-0.05, 0) is 18.7 Å². The van der Waals surface area contributed by atoms with Gasteiger partial charge in [-0.3, -0.25) is 0 Å². The Morgan fingerprint density at radius 2 is 2.10 bits per heavy atom. The summed E-state index contributed by atoms with van der Waals surface area (Å²) < 4.78 is 32.2. The molecule has 120 valence electrons. The standard InChI is InChI=1S/C13H23N3O3S2/c1-2-14-11-12-3-4-13(19-12)21(17,18)15-5-6-16-7-9-20-10-8-16/h3-4,14-15H,2,5-11H2,1H3. The van der Waals surface area contributed by atoms with Crippen LogP contribution in [0, 0.1) is 0 Å². The number of thioether (sulfide) groups is 1. The van der Waals surface area contributed by atoms with Gasteiger partial charge in [-0.15, -0.1) is 0 Å². The van der Waals surface area contributed by atoms with Gasteiger partial charge in [-0.1, -0.05) is 6.92 Å². The van der Waals surface area contributed by atoms with E-state index in [0.717, 1.165) is 37.7 Å². The van der Waals surface area contributed by atoms with E-state index in [1.165, 1.54) is 6.07 Å². The minimum Gasteiger partial charge on any atom is -0.447 e. The molecule has 21 heavy (non-hydrogen) atoms. The van der Waals surface area contributed by atoms with E-state index in [2.05, 4.69) is 14.9 Å². The quantitative estimate of drug-likeness (QED) is 0.730. The summed E-state index contributed by atoms with van der Waals surface area (Å²) in [5.41, 5.74) is 0. The van der Waals surface area contributed by atoms with Crippen LogP contribution in [0.2, 0.25) is 0 Å². The fourth-order valence-electron chi connectivity index (χ4n) is 2.08. The number of hydrogen-bond donors (Lipinski definition) is 2. The van der Waals surface area contributed by atoms with Crippen LogP contribution < -0.4 is 10.0 Å². The zero-order valence-corrected chi connectivity index (χ0v) is 13.9. The van der Waals surface area contributed by atoms with Crippen molar-refractivity contribution in [2.24, 2.45) is 0 Å². The van der Waals surface area contributed by atoms with Gasteiger partial charge in [0.1, 0.15) is 5.76 Å². The second-order valence-corrected chi connectivity index (χ2v) is 7.78. The van der Waals surface area contributed by atoms with Crippen molar-refractivity contribution in [3.8, 4) is 0 Å². The van der Waals surface area contributed by atoms with Gasteiger partial charge in [0.2, 0.25) is 5.09 Å². The van der Waals surface area contributed by atoms with Gasteiger partial charge in [0.05, 0.1) is 6.54 Å². The van der Waals surface area contributed by atoms with Crippen molar-refractivity contribution < 1.29 is 12.8 Å². The maximum absolute atomic E-state index is 12.1. The fourth-order valence-corrected chi connectivity index (χ4v) is 4.02. The first-order valence-corrected chi connectivity index (χ1v) is 9.85. The molecule has 6 nitrogen and oxygen atoms in total. The molecule has 1 aromatic rings. The minimum absolute atomic E-state index is 0.00963. The normalized spacial score (nSPS) is 17.2. The number of nitrogens with one attached hydrogen (secondary N) is 2. The van der Waals surface area contributed by atoms with E-state index < -0.39 is 10.0 Å². The van der Waals surface area contributed by atoms with E-state index in [-0.39, 0.29) is 5.09 Å². The summed E-state index contributed by atoms with van der Waals surface area (Å²) in [4.78, 5) is 2.28. The number of furan rings is 1. The fraction of sp³-hybridized carbons (Fsp3) is 0.692. The van der Waals surface area contributed by atoms with Gasteiger partial charge in [-0.25, -0.2) is 13.1 Å². The Kier molecular flexibility index (Phi) is 6.56. The Morgan fingerprint density at radius 3 is 2.81 bits per heavy atom. The predicted molar refractivity (Wildman–Crippen MR) is 85.0 cm³/mol. The van der Waals surface area contributed by atoms with Crippen LogP contribution in [0.15, 0.2) is 21.6 Å². The predicted octanol–water partition coefficient (Wildman–Crippen LogP) is 0.716. The van der Waals surface area contributed by atoms with Gasteiger partial charge in [-0.2, -0.15) is 11.8 Å². The highest BCUT2D eigenvalue weighted by atomic mass is 32.2. The topological polar surface area (TPSA) is 74.6 Å². The second kappa shape index (κ2) is 8.19. The van der Waals surface area contributed by atoms with Crippen LogP contribution in [-0.2, 0) is 16.6 Å². The van der Waals surface area contributed by atoms with Gasteiger partial charge < -0.3 is 14.6 Å². The average molecular weight is 333 g/mol. The van der Waals surface area contributed by atoms with E-state index in [4.69, 9.17) is 4.42 Å². The zero-order valence-electron chi connectivity index (χ0n) is 12.3. The Labute approximate surface area is 130 Å². The third-order valence-corrected chi connectivity index (χ3v) is 5.55. The molecular formula is C13H23N3O3S2. The number of rotatable bonds is 8. The highest BCUT2D eigenvalue weighted by molar-refractivity contribution is 7.99. The summed E-state index contributed by atoms with van der Waals surface area (Å²) in [5, 5.41) is 3.09. The van der Waals surface area contributed by atoms with Crippen LogP contribution in [0.3, 0.4) is 0 Å². The van der Waals surface area contributed by atoms with Crippen LogP contribution >= 0.6 is 11.8 Å². The summed E-state index contributed by atoms with van der Waals surface area (Å²) in [7, 11) is -3.54. The lowest BCUT2D eigenvalue weighted by molar-refractivity contribution is 0.307. The molecule has 0 spiro atoms. The molecule has 1 aliphatic rings. The van der Waals surface area contributed by atoms with Gasteiger partial charge in [0.25, 0.3) is 10.0 Å². The molecule has 2 rings (SSSR count). The molecule has 0 atom stereocenters. The van der Waals surface area contributed by atoms with E-state index in [1.54, 1.807) is 6.07 Å². The minimum atomic E-state index is -3.54. The lowest BCUT2D eigenvalue weighted by atomic mass is 10.4. The van der Waals surface area contributed by atoms with Crippen LogP contribution in [0.25, 0.3) is 0 Å². The van der Waals surface area contributed by atoms with Crippen LogP contribution in [0.1, 0.15) is 12.7 Å². The van der Waals surface area contributed by atoms with Crippen molar-refractivity contribution in [1.82, 2.24) is 14.9 Å². The Morgan fingerprint density at radius 1 is 1.33 bits per heavy atom. The Hall–Kier alpha value is -0.540. The monoisotopic (exact) mass is 333 g/mol.